The molecule has 29 heavy (non-hydrogen) atoms. The molecule has 1 aliphatic heterocycles. The van der Waals surface area contributed by atoms with Gasteiger partial charge in [0.25, 0.3) is 0 Å². The highest BCUT2D eigenvalue weighted by Gasteiger charge is 2.23. The topological polar surface area (TPSA) is 73.0 Å². The van der Waals surface area contributed by atoms with Gasteiger partial charge in [-0.05, 0) is 50.4 Å². The number of piperazine rings is 1. The van der Waals surface area contributed by atoms with E-state index in [0.717, 1.165) is 41.7 Å². The van der Waals surface area contributed by atoms with Gasteiger partial charge >= 0.3 is 0 Å². The number of nitrogens with one attached hydrogen (secondary N) is 1. The van der Waals surface area contributed by atoms with Gasteiger partial charge in [0.1, 0.15) is 0 Å². The highest BCUT2D eigenvalue weighted by molar-refractivity contribution is 7.89. The first kappa shape index (κ1) is 21.3. The van der Waals surface area contributed by atoms with Crippen LogP contribution < -0.4 is 10.2 Å². The van der Waals surface area contributed by atoms with Crippen LogP contribution in [-0.2, 0) is 14.8 Å². The second kappa shape index (κ2) is 8.94. The Morgan fingerprint density at radius 1 is 1.00 bits per heavy atom. The van der Waals surface area contributed by atoms with Gasteiger partial charge in [0, 0.05) is 44.6 Å². The van der Waals surface area contributed by atoms with E-state index in [0.29, 0.717) is 5.69 Å². The Balaban J connectivity index is 1.58. The number of hydrogen-bond donors (Lipinski definition) is 1. The molecule has 0 aliphatic carbocycles. The first-order chi connectivity index (χ1) is 13.8. The molecule has 156 valence electrons. The number of benzene rings is 2. The molecule has 0 unspecified atom stereocenters. The average Bonchev–Trinajstić information content (AvgIpc) is 2.69. The van der Waals surface area contributed by atoms with E-state index in [1.165, 1.54) is 7.05 Å². The van der Waals surface area contributed by atoms with Crippen molar-refractivity contribution in [2.24, 2.45) is 0 Å². The lowest BCUT2D eigenvalue weighted by Gasteiger charge is -2.34. The molecular formula is C21H28N4O3S. The van der Waals surface area contributed by atoms with Crippen molar-refractivity contribution in [3.63, 3.8) is 0 Å². The number of amides is 1. The lowest BCUT2D eigenvalue weighted by Crippen LogP contribution is -2.44. The minimum atomic E-state index is -3.71. The quantitative estimate of drug-likeness (QED) is 0.780. The van der Waals surface area contributed by atoms with Crippen LogP contribution >= 0.6 is 0 Å². The summed E-state index contributed by atoms with van der Waals surface area (Å²) in [4.78, 5) is 17.1. The fraction of sp³-hybridized carbons (Fsp3) is 0.381. The van der Waals surface area contributed by atoms with Crippen molar-refractivity contribution in [1.82, 2.24) is 9.21 Å². The maximum Gasteiger partial charge on any atom is 0.243 e. The maximum absolute atomic E-state index is 12.6. The van der Waals surface area contributed by atoms with Gasteiger partial charge in [-0.2, -0.15) is 4.31 Å². The molecule has 0 radical (unpaired) electrons. The van der Waals surface area contributed by atoms with Crippen molar-refractivity contribution in [1.29, 1.82) is 0 Å². The van der Waals surface area contributed by atoms with Crippen molar-refractivity contribution in [3.05, 3.63) is 54.1 Å². The highest BCUT2D eigenvalue weighted by Crippen LogP contribution is 2.20. The molecule has 3 rings (SSSR count). The first-order valence-corrected chi connectivity index (χ1v) is 11.1. The second-order valence-corrected chi connectivity index (χ2v) is 9.50. The Labute approximate surface area is 173 Å². The van der Waals surface area contributed by atoms with Gasteiger partial charge in [-0.25, -0.2) is 8.42 Å². The first-order valence-electron chi connectivity index (χ1n) is 9.62. The SMILES string of the molecule is Cc1ccc(S(=O)(=O)N(C)CC(=O)Nc2ccc(N3CCN(C)CC3)cc2)cc1. The van der Waals surface area contributed by atoms with Crippen LogP contribution in [0.2, 0.25) is 0 Å². The van der Waals surface area contributed by atoms with Crippen molar-refractivity contribution >= 4 is 27.3 Å². The molecule has 1 saturated heterocycles. The smallest absolute Gasteiger partial charge is 0.243 e. The van der Waals surface area contributed by atoms with Gasteiger partial charge in [-0.15, -0.1) is 0 Å². The van der Waals surface area contributed by atoms with Gasteiger partial charge in [0.2, 0.25) is 15.9 Å². The van der Waals surface area contributed by atoms with E-state index in [1.807, 2.05) is 31.2 Å². The molecule has 2 aromatic rings. The average molecular weight is 417 g/mol. The van der Waals surface area contributed by atoms with Crippen molar-refractivity contribution < 1.29 is 13.2 Å². The second-order valence-electron chi connectivity index (χ2n) is 7.46. The van der Waals surface area contributed by atoms with Crippen LogP contribution in [0.25, 0.3) is 0 Å². The minimum absolute atomic E-state index is 0.176. The molecule has 0 bridgehead atoms. The Hall–Kier alpha value is -2.42. The number of carbonyl (C=O) groups is 1. The number of hydrogen-bond acceptors (Lipinski definition) is 5. The Morgan fingerprint density at radius 2 is 1.59 bits per heavy atom. The molecule has 0 saturated carbocycles. The summed E-state index contributed by atoms with van der Waals surface area (Å²) in [6.07, 6.45) is 0. The van der Waals surface area contributed by atoms with Gasteiger partial charge in [0.05, 0.1) is 11.4 Å². The molecule has 1 fully saturated rings. The molecule has 7 nitrogen and oxygen atoms in total. The Kier molecular flexibility index (Phi) is 6.56. The molecule has 0 aromatic heterocycles. The van der Waals surface area contributed by atoms with Crippen LogP contribution in [0.4, 0.5) is 11.4 Å². The molecule has 1 heterocycles. The molecule has 0 spiro atoms. The number of carbonyl (C=O) groups excluding carboxylic acids is 1. The molecule has 8 heteroatoms. The van der Waals surface area contributed by atoms with Crippen LogP contribution in [0, 0.1) is 6.92 Å². The van der Waals surface area contributed by atoms with E-state index >= 15 is 0 Å². The Morgan fingerprint density at radius 3 is 2.17 bits per heavy atom. The van der Waals surface area contributed by atoms with Crippen LogP contribution in [-0.4, -0.2) is 70.3 Å². The minimum Gasteiger partial charge on any atom is -0.369 e. The molecule has 2 aromatic carbocycles. The van der Waals surface area contributed by atoms with Crippen molar-refractivity contribution in [2.75, 3.05) is 57.0 Å². The molecule has 1 aliphatic rings. The Bertz CT molecular complexity index is 935. The number of nitrogens with zero attached hydrogens (tertiary/aromatic N) is 3. The predicted octanol–water partition coefficient (Wildman–Crippen LogP) is 2.01. The third kappa shape index (κ3) is 5.35. The molecular weight excluding hydrogens is 388 g/mol. The lowest BCUT2D eigenvalue weighted by atomic mass is 10.2. The number of likely N-dealkylation sites (N-methyl/N-ethyl adjacent to an activating group) is 2. The summed E-state index contributed by atoms with van der Waals surface area (Å²) < 4.78 is 26.3. The summed E-state index contributed by atoms with van der Waals surface area (Å²) in [6.45, 7) is 5.65. The largest absolute Gasteiger partial charge is 0.369 e. The third-order valence-electron chi connectivity index (χ3n) is 5.11. The van der Waals surface area contributed by atoms with Crippen LogP contribution in [0.3, 0.4) is 0 Å². The summed E-state index contributed by atoms with van der Waals surface area (Å²) >= 11 is 0. The van der Waals surface area contributed by atoms with Gasteiger partial charge in [-0.3, -0.25) is 4.79 Å². The summed E-state index contributed by atoms with van der Waals surface area (Å²) in [6, 6.07) is 14.2. The predicted molar refractivity (Wildman–Crippen MR) is 116 cm³/mol. The van der Waals surface area contributed by atoms with E-state index < -0.39 is 10.0 Å². The summed E-state index contributed by atoms with van der Waals surface area (Å²) in [5, 5.41) is 2.77. The maximum atomic E-state index is 12.6. The van der Waals surface area contributed by atoms with Gasteiger partial charge in [-0.1, -0.05) is 17.7 Å². The van der Waals surface area contributed by atoms with E-state index in [1.54, 1.807) is 24.3 Å². The normalized spacial score (nSPS) is 15.5. The lowest BCUT2D eigenvalue weighted by molar-refractivity contribution is -0.116. The summed E-state index contributed by atoms with van der Waals surface area (Å²) in [7, 11) is -0.182. The van der Waals surface area contributed by atoms with E-state index in [9.17, 15) is 13.2 Å². The fourth-order valence-corrected chi connectivity index (χ4v) is 4.33. The van der Waals surface area contributed by atoms with Crippen LogP contribution in [0.15, 0.2) is 53.4 Å². The standard InChI is InChI=1S/C21H28N4O3S/c1-17-4-10-20(11-5-17)29(27,28)24(3)16-21(26)22-18-6-8-19(9-7-18)25-14-12-23(2)13-15-25/h4-11H,12-16H2,1-3H3,(H,22,26). The van der Waals surface area contributed by atoms with Gasteiger partial charge in [0.15, 0.2) is 0 Å². The van der Waals surface area contributed by atoms with Crippen molar-refractivity contribution in [3.8, 4) is 0 Å². The van der Waals surface area contributed by atoms with E-state index in [4.69, 9.17) is 0 Å². The summed E-state index contributed by atoms with van der Waals surface area (Å²) in [5.74, 6) is -0.379. The van der Waals surface area contributed by atoms with E-state index in [2.05, 4.69) is 22.2 Å². The number of sulfonamides is 1. The zero-order chi connectivity index (χ0) is 21.0. The zero-order valence-corrected chi connectivity index (χ0v) is 17.9. The number of rotatable bonds is 6. The van der Waals surface area contributed by atoms with Crippen LogP contribution in [0.5, 0.6) is 0 Å². The molecule has 0 atom stereocenters. The third-order valence-corrected chi connectivity index (χ3v) is 6.93. The fourth-order valence-electron chi connectivity index (χ4n) is 3.20. The zero-order valence-electron chi connectivity index (χ0n) is 17.1. The monoisotopic (exact) mass is 416 g/mol. The molecule has 1 amide bonds. The van der Waals surface area contributed by atoms with E-state index in [-0.39, 0.29) is 17.3 Å². The summed E-state index contributed by atoms with van der Waals surface area (Å²) in [5.41, 5.74) is 2.74. The number of aryl methyl sites for hydroxylation is 1. The van der Waals surface area contributed by atoms with Crippen LogP contribution in [0.1, 0.15) is 5.56 Å². The van der Waals surface area contributed by atoms with Gasteiger partial charge < -0.3 is 15.1 Å². The molecule has 1 N–H and O–H groups in total. The van der Waals surface area contributed by atoms with Crippen molar-refractivity contribution in [2.45, 2.75) is 11.8 Å². The highest BCUT2D eigenvalue weighted by atomic mass is 32.2. The number of anilines is 2.